The van der Waals surface area contributed by atoms with Crippen LogP contribution in [0.25, 0.3) is 0 Å². The van der Waals surface area contributed by atoms with Crippen molar-refractivity contribution in [2.75, 3.05) is 13.1 Å². The molecule has 6 rings (SSSR count). The Hall–Kier alpha value is -0.910. The van der Waals surface area contributed by atoms with Crippen molar-refractivity contribution in [3.05, 3.63) is 12.2 Å². The highest BCUT2D eigenvalue weighted by Crippen LogP contribution is 2.83. The first-order chi connectivity index (χ1) is 13.7. The number of likely N-dealkylation sites (tertiary alicyclic amines) is 1. The van der Waals surface area contributed by atoms with Crippen molar-refractivity contribution in [2.24, 2.45) is 39.9 Å². The zero-order chi connectivity index (χ0) is 20.5. The number of aliphatic hydroxyl groups excluding tert-OH is 2. The summed E-state index contributed by atoms with van der Waals surface area (Å²) < 4.78 is 6.01. The molecule has 2 spiro atoms. The summed E-state index contributed by atoms with van der Waals surface area (Å²) in [7, 11) is 0. The van der Waals surface area contributed by atoms with Crippen LogP contribution < -0.4 is 0 Å². The molecule has 5 heteroatoms. The molecule has 0 radical (unpaired) electrons. The molecular weight excluding hydrogens is 366 g/mol. The number of fused-ring (bicyclic) bond motifs is 1. The highest BCUT2D eigenvalue weighted by atomic mass is 16.5. The van der Waals surface area contributed by atoms with E-state index in [0.29, 0.717) is 17.9 Å². The van der Waals surface area contributed by atoms with Gasteiger partial charge in [0.05, 0.1) is 12.2 Å². The average Bonchev–Trinajstić information content (AvgIpc) is 3.19. The van der Waals surface area contributed by atoms with E-state index in [1.165, 1.54) is 6.92 Å². The Morgan fingerprint density at radius 1 is 1.31 bits per heavy atom. The maximum atomic E-state index is 12.1. The van der Waals surface area contributed by atoms with Gasteiger partial charge in [0, 0.05) is 36.3 Å². The van der Waals surface area contributed by atoms with E-state index in [1.807, 2.05) is 0 Å². The minimum atomic E-state index is -0.439. The molecule has 11 unspecified atom stereocenters. The molecule has 29 heavy (non-hydrogen) atoms. The number of esters is 1. The Morgan fingerprint density at radius 3 is 2.76 bits per heavy atom. The number of carbonyl (C=O) groups excluding carboxylic acids is 1. The highest BCUT2D eigenvalue weighted by molar-refractivity contribution is 5.67. The Morgan fingerprint density at radius 2 is 2.07 bits per heavy atom. The van der Waals surface area contributed by atoms with Crippen LogP contribution >= 0.6 is 0 Å². The van der Waals surface area contributed by atoms with Crippen LogP contribution in [0, 0.1) is 39.9 Å². The Kier molecular flexibility index (Phi) is 3.55. The lowest BCUT2D eigenvalue weighted by Crippen LogP contribution is -2.68. The lowest BCUT2D eigenvalue weighted by molar-refractivity contribution is -0.220. The predicted octanol–water partition coefficient (Wildman–Crippen LogP) is 2.36. The van der Waals surface area contributed by atoms with Gasteiger partial charge in [0.15, 0.2) is 0 Å². The summed E-state index contributed by atoms with van der Waals surface area (Å²) in [5, 5.41) is 22.8. The second-order valence-electron chi connectivity index (χ2n) is 11.5. The summed E-state index contributed by atoms with van der Waals surface area (Å²) in [4.78, 5) is 14.7. The minimum absolute atomic E-state index is 0.0217. The van der Waals surface area contributed by atoms with E-state index in [4.69, 9.17) is 4.74 Å². The van der Waals surface area contributed by atoms with Crippen LogP contribution in [0.3, 0.4) is 0 Å². The normalized spacial score (nSPS) is 59.7. The van der Waals surface area contributed by atoms with Gasteiger partial charge in [-0.05, 0) is 67.4 Å². The topological polar surface area (TPSA) is 70.0 Å². The molecule has 2 N–H and O–H groups in total. The van der Waals surface area contributed by atoms with Gasteiger partial charge < -0.3 is 14.9 Å². The first-order valence-corrected chi connectivity index (χ1v) is 11.7. The molecule has 6 fully saturated rings. The molecule has 5 nitrogen and oxygen atoms in total. The van der Waals surface area contributed by atoms with E-state index in [0.717, 1.165) is 50.8 Å². The summed E-state index contributed by atoms with van der Waals surface area (Å²) in [6, 6.07) is 0.334. The zero-order valence-corrected chi connectivity index (χ0v) is 17.9. The standard InChI is InChI=1S/C24H35NO4/c1-5-25-11-22(4)7-6-19(28)24-17(22)8-15(20(24)25)23-10-14(16(27)9-18(23)24)12(2)21(23)29-13(3)26/h14-21,27-28H,2,5-11H2,1,3-4H3. The van der Waals surface area contributed by atoms with Crippen molar-refractivity contribution >= 4 is 5.97 Å². The molecular formula is C24H35NO4. The fourth-order valence-corrected chi connectivity index (χ4v) is 10.3. The van der Waals surface area contributed by atoms with Crippen LogP contribution in [-0.2, 0) is 9.53 Å². The molecule has 6 aliphatic rings. The fraction of sp³-hybridized carbons (Fsp3) is 0.875. The van der Waals surface area contributed by atoms with Crippen LogP contribution in [-0.4, -0.2) is 58.5 Å². The van der Waals surface area contributed by atoms with Crippen molar-refractivity contribution in [3.8, 4) is 0 Å². The predicted molar refractivity (Wildman–Crippen MR) is 108 cm³/mol. The lowest BCUT2D eigenvalue weighted by Gasteiger charge is -2.65. The first-order valence-electron chi connectivity index (χ1n) is 11.7. The molecule has 0 aromatic carbocycles. The van der Waals surface area contributed by atoms with E-state index in [9.17, 15) is 15.0 Å². The van der Waals surface area contributed by atoms with E-state index in [2.05, 4.69) is 25.3 Å². The van der Waals surface area contributed by atoms with Gasteiger partial charge in [-0.15, -0.1) is 0 Å². The number of ether oxygens (including phenoxy) is 1. The molecule has 11 atom stereocenters. The van der Waals surface area contributed by atoms with Gasteiger partial charge in [0.1, 0.15) is 6.10 Å². The summed E-state index contributed by atoms with van der Waals surface area (Å²) in [6.07, 6.45) is 3.58. The van der Waals surface area contributed by atoms with Gasteiger partial charge in [-0.2, -0.15) is 0 Å². The second kappa shape index (κ2) is 5.46. The molecule has 0 amide bonds. The smallest absolute Gasteiger partial charge is 0.303 e. The van der Waals surface area contributed by atoms with Crippen LogP contribution in [0.4, 0.5) is 0 Å². The molecule has 1 saturated heterocycles. The van der Waals surface area contributed by atoms with Crippen molar-refractivity contribution in [2.45, 2.75) is 77.2 Å². The minimum Gasteiger partial charge on any atom is -0.457 e. The third kappa shape index (κ3) is 1.81. The number of piperidine rings is 1. The largest absolute Gasteiger partial charge is 0.457 e. The summed E-state index contributed by atoms with van der Waals surface area (Å²) in [6.45, 7) is 12.6. The Balaban J connectivity index is 1.58. The van der Waals surface area contributed by atoms with Gasteiger partial charge in [-0.3, -0.25) is 9.69 Å². The van der Waals surface area contributed by atoms with E-state index in [1.54, 1.807) is 0 Å². The maximum Gasteiger partial charge on any atom is 0.303 e. The maximum absolute atomic E-state index is 12.1. The molecule has 1 aliphatic heterocycles. The number of aliphatic hydroxyl groups is 2. The lowest BCUT2D eigenvalue weighted by atomic mass is 9.43. The van der Waals surface area contributed by atoms with E-state index < -0.39 is 6.10 Å². The molecule has 0 aromatic heterocycles. The van der Waals surface area contributed by atoms with E-state index in [-0.39, 0.29) is 46.3 Å². The summed E-state index contributed by atoms with van der Waals surface area (Å²) >= 11 is 0. The van der Waals surface area contributed by atoms with Gasteiger partial charge in [0.25, 0.3) is 0 Å². The summed E-state index contributed by atoms with van der Waals surface area (Å²) in [5.41, 5.74) is 0.812. The molecule has 160 valence electrons. The van der Waals surface area contributed by atoms with E-state index >= 15 is 0 Å². The Labute approximate surface area is 173 Å². The monoisotopic (exact) mass is 401 g/mol. The van der Waals surface area contributed by atoms with Gasteiger partial charge in [-0.1, -0.05) is 20.4 Å². The van der Waals surface area contributed by atoms with Crippen LogP contribution in [0.15, 0.2) is 12.2 Å². The van der Waals surface area contributed by atoms with Crippen molar-refractivity contribution < 1.29 is 19.7 Å². The van der Waals surface area contributed by atoms with Gasteiger partial charge >= 0.3 is 5.97 Å². The fourth-order valence-electron chi connectivity index (χ4n) is 10.3. The van der Waals surface area contributed by atoms with Crippen molar-refractivity contribution in [1.29, 1.82) is 0 Å². The number of carbonyl (C=O) groups is 1. The average molecular weight is 402 g/mol. The molecule has 5 aliphatic carbocycles. The first kappa shape index (κ1) is 18.8. The van der Waals surface area contributed by atoms with Crippen molar-refractivity contribution in [3.63, 3.8) is 0 Å². The highest BCUT2D eigenvalue weighted by Gasteiger charge is 2.85. The molecule has 5 saturated carbocycles. The third-order valence-electron chi connectivity index (χ3n) is 10.8. The third-order valence-corrected chi connectivity index (χ3v) is 10.8. The Bertz CT molecular complexity index is 798. The SMILES string of the molecule is C=C1C2CC3(C1OC(C)=O)C1CC4C5(C)CCC(O)C4(C1N(CC)C5)C3CC2O. The van der Waals surface area contributed by atoms with Crippen molar-refractivity contribution in [1.82, 2.24) is 4.90 Å². The number of nitrogens with zero attached hydrogens (tertiary/aromatic N) is 1. The molecule has 1 heterocycles. The van der Waals surface area contributed by atoms with Crippen LogP contribution in [0.2, 0.25) is 0 Å². The van der Waals surface area contributed by atoms with Gasteiger partial charge in [0.2, 0.25) is 0 Å². The quantitative estimate of drug-likeness (QED) is 0.549. The number of rotatable bonds is 2. The van der Waals surface area contributed by atoms with Crippen LogP contribution in [0.1, 0.15) is 52.9 Å². The van der Waals surface area contributed by atoms with Gasteiger partial charge in [-0.25, -0.2) is 0 Å². The number of hydrogen-bond acceptors (Lipinski definition) is 5. The second-order valence-corrected chi connectivity index (χ2v) is 11.5. The zero-order valence-electron chi connectivity index (χ0n) is 17.9. The molecule has 7 bridgehead atoms. The number of hydrogen-bond donors (Lipinski definition) is 2. The van der Waals surface area contributed by atoms with Crippen LogP contribution in [0.5, 0.6) is 0 Å². The molecule has 0 aromatic rings. The summed E-state index contributed by atoms with van der Waals surface area (Å²) in [5.74, 6) is 0.875.